The number of esters is 1. The molecule has 2 atom stereocenters. The molecule has 2 aliphatic rings. The van der Waals surface area contributed by atoms with E-state index < -0.39 is 29.8 Å². The number of nitrogens with one attached hydrogen (secondary N) is 1. The summed E-state index contributed by atoms with van der Waals surface area (Å²) >= 11 is 5.89. The number of alkyl halides is 2. The zero-order valence-electron chi connectivity index (χ0n) is 14.5. The minimum atomic E-state index is -2.87. The fourth-order valence-electron chi connectivity index (χ4n) is 3.88. The molecule has 0 radical (unpaired) electrons. The fourth-order valence-corrected chi connectivity index (χ4v) is 4.01. The van der Waals surface area contributed by atoms with Gasteiger partial charge in [-0.2, -0.15) is 0 Å². The van der Waals surface area contributed by atoms with Crippen molar-refractivity contribution in [3.63, 3.8) is 0 Å². The molecule has 0 bridgehead atoms. The molecule has 1 aliphatic heterocycles. The molecule has 4 nitrogen and oxygen atoms in total. The van der Waals surface area contributed by atoms with E-state index >= 15 is 0 Å². The molecular formula is C19H24ClF2NO3. The highest BCUT2D eigenvalue weighted by Crippen LogP contribution is 2.48. The number of piperidine rings is 1. The van der Waals surface area contributed by atoms with Crippen molar-refractivity contribution in [3.8, 4) is 0 Å². The van der Waals surface area contributed by atoms with Crippen LogP contribution >= 0.6 is 11.6 Å². The van der Waals surface area contributed by atoms with Gasteiger partial charge in [0.1, 0.15) is 0 Å². The first-order valence-corrected chi connectivity index (χ1v) is 9.43. The van der Waals surface area contributed by atoms with E-state index in [2.05, 4.69) is 5.32 Å². The maximum Gasteiger partial charge on any atom is 0.343 e. The van der Waals surface area contributed by atoms with Gasteiger partial charge in [-0.05, 0) is 56.0 Å². The predicted molar refractivity (Wildman–Crippen MR) is 94.2 cm³/mol. The predicted octanol–water partition coefficient (Wildman–Crippen LogP) is 3.51. The van der Waals surface area contributed by atoms with Crippen molar-refractivity contribution in [2.24, 2.45) is 11.8 Å². The Morgan fingerprint density at radius 3 is 2.50 bits per heavy atom. The van der Waals surface area contributed by atoms with E-state index in [1.807, 2.05) is 0 Å². The molecule has 26 heavy (non-hydrogen) atoms. The van der Waals surface area contributed by atoms with E-state index in [0.29, 0.717) is 5.02 Å². The van der Waals surface area contributed by atoms with Gasteiger partial charge in [-0.1, -0.05) is 23.7 Å². The highest BCUT2D eigenvalue weighted by atomic mass is 35.5. The van der Waals surface area contributed by atoms with Crippen molar-refractivity contribution in [2.75, 3.05) is 19.7 Å². The smallest absolute Gasteiger partial charge is 0.343 e. The van der Waals surface area contributed by atoms with Gasteiger partial charge in [0.2, 0.25) is 5.92 Å². The van der Waals surface area contributed by atoms with Crippen LogP contribution in [-0.4, -0.2) is 36.7 Å². The third-order valence-corrected chi connectivity index (χ3v) is 5.75. The SMILES string of the molecule is O=C(OCC1CCNCC1)C(O)(c1ccc(Cl)cc1)C1CCC(F)(F)C1. The molecule has 2 N–H and O–H groups in total. The minimum absolute atomic E-state index is 0.0641. The summed E-state index contributed by atoms with van der Waals surface area (Å²) in [5.74, 6) is -4.39. The van der Waals surface area contributed by atoms with Crippen molar-refractivity contribution < 1.29 is 23.4 Å². The van der Waals surface area contributed by atoms with Gasteiger partial charge >= 0.3 is 5.97 Å². The molecule has 1 aromatic rings. The summed E-state index contributed by atoms with van der Waals surface area (Å²) in [4.78, 5) is 12.8. The third kappa shape index (κ3) is 4.18. The Morgan fingerprint density at radius 2 is 1.92 bits per heavy atom. The van der Waals surface area contributed by atoms with E-state index in [1.54, 1.807) is 0 Å². The van der Waals surface area contributed by atoms with Gasteiger partial charge in [-0.15, -0.1) is 0 Å². The van der Waals surface area contributed by atoms with Crippen LogP contribution in [0.3, 0.4) is 0 Å². The van der Waals surface area contributed by atoms with E-state index in [0.717, 1.165) is 25.9 Å². The van der Waals surface area contributed by atoms with E-state index in [4.69, 9.17) is 16.3 Å². The monoisotopic (exact) mass is 387 g/mol. The summed E-state index contributed by atoms with van der Waals surface area (Å²) in [6.45, 7) is 1.91. The average molecular weight is 388 g/mol. The summed E-state index contributed by atoms with van der Waals surface area (Å²) in [7, 11) is 0. The molecule has 2 fully saturated rings. The first-order valence-electron chi connectivity index (χ1n) is 9.05. The maximum atomic E-state index is 13.8. The highest BCUT2D eigenvalue weighted by Gasteiger charge is 2.54. The molecular weight excluding hydrogens is 364 g/mol. The van der Waals surface area contributed by atoms with Gasteiger partial charge in [0.15, 0.2) is 5.60 Å². The molecule has 2 unspecified atom stereocenters. The van der Waals surface area contributed by atoms with E-state index in [9.17, 15) is 18.7 Å². The molecule has 1 aromatic carbocycles. The quantitative estimate of drug-likeness (QED) is 0.759. The van der Waals surface area contributed by atoms with Crippen molar-refractivity contribution >= 4 is 17.6 Å². The Hall–Kier alpha value is -1.24. The summed E-state index contributed by atoms with van der Waals surface area (Å²) in [6, 6.07) is 6.08. The van der Waals surface area contributed by atoms with Gasteiger partial charge in [-0.25, -0.2) is 13.6 Å². The molecule has 7 heteroatoms. The number of carbonyl (C=O) groups is 1. The van der Waals surface area contributed by atoms with Crippen LogP contribution < -0.4 is 5.32 Å². The van der Waals surface area contributed by atoms with E-state index in [1.165, 1.54) is 24.3 Å². The Kier molecular flexibility index (Phi) is 5.85. The zero-order chi connectivity index (χ0) is 18.8. The maximum absolute atomic E-state index is 13.8. The number of aliphatic hydroxyl groups is 1. The molecule has 144 valence electrons. The first-order chi connectivity index (χ1) is 12.3. The lowest BCUT2D eigenvalue weighted by atomic mass is 9.80. The Morgan fingerprint density at radius 1 is 1.27 bits per heavy atom. The molecule has 0 spiro atoms. The van der Waals surface area contributed by atoms with Crippen molar-refractivity contribution in [2.45, 2.75) is 43.6 Å². The number of benzene rings is 1. The lowest BCUT2D eigenvalue weighted by Crippen LogP contribution is -2.44. The highest BCUT2D eigenvalue weighted by molar-refractivity contribution is 6.30. The topological polar surface area (TPSA) is 58.6 Å². The summed E-state index contributed by atoms with van der Waals surface area (Å²) < 4.78 is 32.9. The van der Waals surface area contributed by atoms with E-state index in [-0.39, 0.29) is 30.9 Å². The second-order valence-electron chi connectivity index (χ2n) is 7.36. The van der Waals surface area contributed by atoms with Crippen LogP contribution in [-0.2, 0) is 15.1 Å². The first kappa shape index (κ1) is 19.5. The molecule has 3 rings (SSSR count). The van der Waals surface area contributed by atoms with Gasteiger partial charge in [0.25, 0.3) is 0 Å². The van der Waals surface area contributed by atoms with Crippen LogP contribution in [0.5, 0.6) is 0 Å². The summed E-state index contributed by atoms with van der Waals surface area (Å²) in [5.41, 5.74) is -1.84. The van der Waals surface area contributed by atoms with Crippen molar-refractivity contribution in [1.82, 2.24) is 5.32 Å². The minimum Gasteiger partial charge on any atom is -0.463 e. The van der Waals surface area contributed by atoms with Crippen LogP contribution in [0, 0.1) is 11.8 Å². The normalized spacial score (nSPS) is 25.6. The second kappa shape index (κ2) is 7.79. The molecule has 1 saturated carbocycles. The van der Waals surface area contributed by atoms with Gasteiger partial charge in [0.05, 0.1) is 6.61 Å². The van der Waals surface area contributed by atoms with Crippen LogP contribution in [0.25, 0.3) is 0 Å². The van der Waals surface area contributed by atoms with Crippen molar-refractivity contribution in [3.05, 3.63) is 34.9 Å². The summed E-state index contributed by atoms with van der Waals surface area (Å²) in [5, 5.41) is 14.9. The number of rotatable bonds is 5. The van der Waals surface area contributed by atoms with Crippen LogP contribution in [0.1, 0.15) is 37.7 Å². The van der Waals surface area contributed by atoms with Gasteiger partial charge < -0.3 is 15.2 Å². The van der Waals surface area contributed by atoms with Crippen LogP contribution in [0.4, 0.5) is 8.78 Å². The molecule has 0 amide bonds. The number of hydrogen-bond donors (Lipinski definition) is 2. The standard InChI is InChI=1S/C19H24ClF2NO3/c20-16-3-1-14(2-4-16)19(25,15-5-8-18(21,22)11-15)17(24)26-12-13-6-9-23-10-7-13/h1-4,13,15,23,25H,5-12H2. The zero-order valence-corrected chi connectivity index (χ0v) is 15.3. The van der Waals surface area contributed by atoms with Crippen LogP contribution in [0.2, 0.25) is 5.02 Å². The Labute approximate surface area is 156 Å². The van der Waals surface area contributed by atoms with Crippen LogP contribution in [0.15, 0.2) is 24.3 Å². The third-order valence-electron chi connectivity index (χ3n) is 5.50. The lowest BCUT2D eigenvalue weighted by molar-refractivity contribution is -0.176. The number of hydrogen-bond acceptors (Lipinski definition) is 4. The summed E-state index contributed by atoms with van der Waals surface area (Å²) in [6.07, 6.45) is 0.959. The molecule has 1 saturated heterocycles. The molecule has 0 aromatic heterocycles. The van der Waals surface area contributed by atoms with Gasteiger partial charge in [-0.3, -0.25) is 0 Å². The van der Waals surface area contributed by atoms with Gasteiger partial charge in [0, 0.05) is 23.8 Å². The second-order valence-corrected chi connectivity index (χ2v) is 7.80. The van der Waals surface area contributed by atoms with Crippen molar-refractivity contribution in [1.29, 1.82) is 0 Å². The number of ether oxygens (including phenoxy) is 1. The lowest BCUT2D eigenvalue weighted by Gasteiger charge is -2.33. The average Bonchev–Trinajstić information content (AvgIpc) is 3.00. The molecule has 1 aliphatic carbocycles. The Balaban J connectivity index is 1.80. The number of carbonyl (C=O) groups excluding carboxylic acids is 1. The largest absolute Gasteiger partial charge is 0.463 e. The fraction of sp³-hybridized carbons (Fsp3) is 0.632. The number of halogens is 3. The molecule has 1 heterocycles. The Bertz CT molecular complexity index is 634.